The average Bonchev–Trinajstić information content (AvgIpc) is 1.94. The van der Waals surface area contributed by atoms with Crippen molar-refractivity contribution in [3.05, 3.63) is 28.8 Å². The standard InChI is InChI=1S/C7H5ClO3.Na.H/c8-4-1-2-6(9)5(3-4)7(10)11;;/h1-3,9H,(H,10,11);;. The number of carbonyl (C=O) groups is 1. The predicted molar refractivity (Wildman–Crippen MR) is 47.2 cm³/mol. The summed E-state index contributed by atoms with van der Waals surface area (Å²) in [5.74, 6) is -1.47. The van der Waals surface area contributed by atoms with Crippen molar-refractivity contribution in [2.24, 2.45) is 0 Å². The van der Waals surface area contributed by atoms with Crippen LogP contribution in [0.2, 0.25) is 5.02 Å². The van der Waals surface area contributed by atoms with Crippen LogP contribution >= 0.6 is 11.6 Å². The van der Waals surface area contributed by atoms with Gasteiger partial charge in [0.05, 0.1) is 0 Å². The molecular weight excluding hydrogens is 191 g/mol. The minimum atomic E-state index is -1.19. The Kier molecular flexibility index (Phi) is 4.63. The van der Waals surface area contributed by atoms with Gasteiger partial charge in [-0.2, -0.15) is 0 Å². The summed E-state index contributed by atoms with van der Waals surface area (Å²) in [5.41, 5.74) is -0.183. The van der Waals surface area contributed by atoms with Crippen LogP contribution in [0, 0.1) is 0 Å². The molecule has 0 aliphatic rings. The van der Waals surface area contributed by atoms with E-state index in [4.69, 9.17) is 21.8 Å². The Balaban J connectivity index is 0.00000121. The first-order valence-corrected chi connectivity index (χ1v) is 3.21. The Morgan fingerprint density at radius 1 is 1.42 bits per heavy atom. The zero-order valence-electron chi connectivity index (χ0n) is 5.41. The summed E-state index contributed by atoms with van der Waals surface area (Å²) < 4.78 is 0. The number of aromatic carboxylic acids is 1. The van der Waals surface area contributed by atoms with E-state index in [2.05, 4.69) is 0 Å². The van der Waals surface area contributed by atoms with E-state index in [0.717, 1.165) is 0 Å². The zero-order chi connectivity index (χ0) is 8.43. The zero-order valence-corrected chi connectivity index (χ0v) is 6.17. The van der Waals surface area contributed by atoms with Crippen molar-refractivity contribution in [1.82, 2.24) is 0 Å². The second kappa shape index (κ2) is 4.72. The van der Waals surface area contributed by atoms with E-state index >= 15 is 0 Å². The van der Waals surface area contributed by atoms with Crippen LogP contribution in [0.1, 0.15) is 10.4 Å². The third-order valence-corrected chi connectivity index (χ3v) is 1.42. The molecule has 5 heteroatoms. The second-order valence-corrected chi connectivity index (χ2v) is 2.40. The third kappa shape index (κ3) is 2.68. The van der Waals surface area contributed by atoms with Crippen LogP contribution in [-0.2, 0) is 0 Å². The molecule has 2 N–H and O–H groups in total. The summed E-state index contributed by atoms with van der Waals surface area (Å²) in [6.07, 6.45) is 0. The van der Waals surface area contributed by atoms with Crippen LogP contribution < -0.4 is 0 Å². The number of halogens is 1. The van der Waals surface area contributed by atoms with E-state index in [9.17, 15) is 4.79 Å². The van der Waals surface area contributed by atoms with Gasteiger partial charge in [-0.25, -0.2) is 4.79 Å². The van der Waals surface area contributed by atoms with Crippen molar-refractivity contribution in [2.75, 3.05) is 0 Å². The maximum atomic E-state index is 10.4. The molecule has 0 heterocycles. The van der Waals surface area contributed by atoms with Gasteiger partial charge in [0.15, 0.2) is 0 Å². The van der Waals surface area contributed by atoms with Crippen LogP contribution in [0.3, 0.4) is 0 Å². The molecule has 0 radical (unpaired) electrons. The van der Waals surface area contributed by atoms with Gasteiger partial charge in [0.25, 0.3) is 0 Å². The van der Waals surface area contributed by atoms with Gasteiger partial charge in [-0.1, -0.05) is 11.6 Å². The molecule has 0 aliphatic carbocycles. The Morgan fingerprint density at radius 2 is 2.00 bits per heavy atom. The van der Waals surface area contributed by atoms with E-state index in [0.29, 0.717) is 5.02 Å². The molecule has 3 nitrogen and oxygen atoms in total. The molecule has 0 aromatic heterocycles. The first-order chi connectivity index (χ1) is 5.11. The maximum absolute atomic E-state index is 10.4. The molecule has 0 aliphatic heterocycles. The summed E-state index contributed by atoms with van der Waals surface area (Å²) in [5, 5.41) is 17.7. The second-order valence-electron chi connectivity index (χ2n) is 1.97. The number of benzene rings is 1. The van der Waals surface area contributed by atoms with E-state index in [1.807, 2.05) is 0 Å². The molecule has 0 unspecified atom stereocenters. The SMILES string of the molecule is O=C(O)c1cc(Cl)ccc1O.[NaH]. The fourth-order valence-corrected chi connectivity index (χ4v) is 0.852. The van der Waals surface area contributed by atoms with Gasteiger partial charge in [-0.15, -0.1) is 0 Å². The summed E-state index contributed by atoms with van der Waals surface area (Å²) in [6.45, 7) is 0. The molecule has 0 fully saturated rings. The number of hydrogen-bond donors (Lipinski definition) is 2. The van der Waals surface area contributed by atoms with E-state index in [1.54, 1.807) is 0 Å². The molecule has 1 rings (SSSR count). The molecule has 0 spiro atoms. The fourth-order valence-electron chi connectivity index (χ4n) is 0.680. The summed E-state index contributed by atoms with van der Waals surface area (Å²) in [4.78, 5) is 10.4. The number of aromatic hydroxyl groups is 1. The normalized spacial score (nSPS) is 8.75. The first-order valence-electron chi connectivity index (χ1n) is 2.83. The molecule has 0 bridgehead atoms. The molecule has 0 saturated carbocycles. The Labute approximate surface area is 96.3 Å². The van der Waals surface area contributed by atoms with Crippen molar-refractivity contribution in [3.8, 4) is 5.75 Å². The fraction of sp³-hybridized carbons (Fsp3) is 0. The Bertz CT molecular complexity index is 301. The van der Waals surface area contributed by atoms with E-state index in [1.165, 1.54) is 18.2 Å². The average molecular weight is 197 g/mol. The summed E-state index contributed by atoms with van der Waals surface area (Å²) in [6, 6.07) is 3.86. The van der Waals surface area contributed by atoms with Crippen molar-refractivity contribution < 1.29 is 15.0 Å². The Hall–Kier alpha value is -0.220. The Morgan fingerprint density at radius 3 is 2.42 bits per heavy atom. The van der Waals surface area contributed by atoms with Crippen LogP contribution in [-0.4, -0.2) is 45.7 Å². The molecule has 12 heavy (non-hydrogen) atoms. The van der Waals surface area contributed by atoms with Crippen LogP contribution in [0.15, 0.2) is 18.2 Å². The monoisotopic (exact) mass is 196 g/mol. The van der Waals surface area contributed by atoms with Gasteiger partial charge in [0.1, 0.15) is 11.3 Å². The molecule has 60 valence electrons. The minimum absolute atomic E-state index is 0. The van der Waals surface area contributed by atoms with E-state index < -0.39 is 5.97 Å². The van der Waals surface area contributed by atoms with Crippen LogP contribution in [0.25, 0.3) is 0 Å². The molecule has 1 aromatic carbocycles. The summed E-state index contributed by atoms with van der Waals surface area (Å²) in [7, 11) is 0. The van der Waals surface area contributed by atoms with Crippen LogP contribution in [0.4, 0.5) is 0 Å². The topological polar surface area (TPSA) is 57.5 Å². The van der Waals surface area contributed by atoms with Crippen molar-refractivity contribution in [1.29, 1.82) is 0 Å². The number of carboxylic acids is 1. The molecular formula is C7H6ClNaO3. The number of carboxylic acid groups (broad SMARTS) is 1. The quantitative estimate of drug-likeness (QED) is 0.662. The molecule has 0 amide bonds. The van der Waals surface area contributed by atoms with Gasteiger partial charge in [0.2, 0.25) is 0 Å². The van der Waals surface area contributed by atoms with Crippen molar-refractivity contribution >= 4 is 47.1 Å². The number of phenols is 1. The summed E-state index contributed by atoms with van der Waals surface area (Å²) >= 11 is 5.49. The van der Waals surface area contributed by atoms with Gasteiger partial charge in [-0.3, -0.25) is 0 Å². The van der Waals surface area contributed by atoms with Crippen molar-refractivity contribution in [2.45, 2.75) is 0 Å². The predicted octanol–water partition coefficient (Wildman–Crippen LogP) is 1.10. The number of rotatable bonds is 1. The van der Waals surface area contributed by atoms with Crippen molar-refractivity contribution in [3.63, 3.8) is 0 Å². The van der Waals surface area contributed by atoms with Gasteiger partial charge < -0.3 is 10.2 Å². The molecule has 0 atom stereocenters. The van der Waals surface area contributed by atoms with E-state index in [-0.39, 0.29) is 40.9 Å². The molecule has 1 aromatic rings. The third-order valence-electron chi connectivity index (χ3n) is 1.19. The van der Waals surface area contributed by atoms with Gasteiger partial charge in [0, 0.05) is 5.02 Å². The number of hydrogen-bond acceptors (Lipinski definition) is 2. The van der Waals surface area contributed by atoms with Gasteiger partial charge in [-0.05, 0) is 18.2 Å². The first kappa shape index (κ1) is 11.8. The van der Waals surface area contributed by atoms with Gasteiger partial charge >= 0.3 is 35.5 Å². The van der Waals surface area contributed by atoms with Crippen LogP contribution in [0.5, 0.6) is 5.75 Å². The molecule has 0 saturated heterocycles.